The molecule has 1 amide bonds. The van der Waals surface area contributed by atoms with Crippen molar-refractivity contribution in [1.82, 2.24) is 9.55 Å². The van der Waals surface area contributed by atoms with Crippen LogP contribution in [0.3, 0.4) is 0 Å². The molecule has 1 aromatic heterocycles. The number of nitrogens with two attached hydrogens (primary N) is 1. The second kappa shape index (κ2) is 7.03. The maximum Gasteiger partial charge on any atom is 0.249 e. The third kappa shape index (κ3) is 3.52. The molecule has 0 spiro atoms. The monoisotopic (exact) mass is 358 g/mol. The molecule has 2 aromatic carbocycles. The molecule has 4 heteroatoms. The Hall–Kier alpha value is -2.88. The van der Waals surface area contributed by atoms with E-state index in [1.54, 1.807) is 0 Å². The van der Waals surface area contributed by atoms with Gasteiger partial charge in [0.15, 0.2) is 0 Å². The Kier molecular flexibility index (Phi) is 4.56. The van der Waals surface area contributed by atoms with Crippen LogP contribution in [0.5, 0.6) is 0 Å². The molecule has 3 aromatic rings. The summed E-state index contributed by atoms with van der Waals surface area (Å²) in [6.45, 7) is 5.10. The molecule has 4 nitrogen and oxygen atoms in total. The van der Waals surface area contributed by atoms with Crippen LogP contribution in [-0.2, 0) is 13.0 Å². The normalized spacial score (nSPS) is 16.1. The van der Waals surface area contributed by atoms with Gasteiger partial charge in [0.1, 0.15) is 5.82 Å². The SMILES string of the molecule is Cc1ccc(-c2ccc([CH]C3CCc4nccn4C3)cc2C(N)=O)cc1C. The van der Waals surface area contributed by atoms with Crippen molar-refractivity contribution in [1.29, 1.82) is 0 Å². The van der Waals surface area contributed by atoms with Crippen LogP contribution in [0.4, 0.5) is 0 Å². The molecule has 0 saturated heterocycles. The van der Waals surface area contributed by atoms with Gasteiger partial charge < -0.3 is 10.3 Å². The Balaban J connectivity index is 1.61. The maximum atomic E-state index is 12.1. The van der Waals surface area contributed by atoms with E-state index in [2.05, 4.69) is 54.1 Å². The number of fused-ring (bicyclic) bond motifs is 1. The number of benzene rings is 2. The number of imidazole rings is 1. The number of carbonyl (C=O) groups excluding carboxylic acids is 1. The van der Waals surface area contributed by atoms with Crippen molar-refractivity contribution in [3.8, 4) is 11.1 Å². The lowest BCUT2D eigenvalue weighted by atomic mass is 9.89. The zero-order valence-corrected chi connectivity index (χ0v) is 15.8. The highest BCUT2D eigenvalue weighted by Gasteiger charge is 2.20. The maximum absolute atomic E-state index is 12.1. The smallest absolute Gasteiger partial charge is 0.249 e. The van der Waals surface area contributed by atoms with Crippen molar-refractivity contribution in [3.63, 3.8) is 0 Å². The van der Waals surface area contributed by atoms with Crippen LogP contribution in [0, 0.1) is 26.2 Å². The van der Waals surface area contributed by atoms with E-state index in [-0.39, 0.29) is 5.91 Å². The van der Waals surface area contributed by atoms with Gasteiger partial charge in [-0.25, -0.2) is 4.98 Å². The Morgan fingerprint density at radius 2 is 2.04 bits per heavy atom. The summed E-state index contributed by atoms with van der Waals surface area (Å²) in [5.74, 6) is 1.20. The minimum atomic E-state index is -0.390. The topological polar surface area (TPSA) is 60.9 Å². The summed E-state index contributed by atoms with van der Waals surface area (Å²) >= 11 is 0. The van der Waals surface area contributed by atoms with Crippen LogP contribution < -0.4 is 5.73 Å². The predicted molar refractivity (Wildman–Crippen MR) is 107 cm³/mol. The van der Waals surface area contributed by atoms with Crippen molar-refractivity contribution in [2.24, 2.45) is 11.7 Å². The van der Waals surface area contributed by atoms with E-state index >= 15 is 0 Å². The molecule has 1 aliphatic rings. The Morgan fingerprint density at radius 1 is 1.19 bits per heavy atom. The molecule has 0 aliphatic carbocycles. The molecule has 4 rings (SSSR count). The van der Waals surface area contributed by atoms with Gasteiger partial charge in [0, 0.05) is 30.9 Å². The third-order valence-corrected chi connectivity index (χ3v) is 5.53. The van der Waals surface area contributed by atoms with Gasteiger partial charge in [0.25, 0.3) is 0 Å². The van der Waals surface area contributed by atoms with E-state index in [1.807, 2.05) is 24.5 Å². The number of hydrogen-bond acceptors (Lipinski definition) is 2. The number of aryl methyl sites for hydroxylation is 3. The van der Waals surface area contributed by atoms with Crippen LogP contribution in [0.25, 0.3) is 11.1 Å². The van der Waals surface area contributed by atoms with E-state index in [0.29, 0.717) is 11.5 Å². The second-order valence-corrected chi connectivity index (χ2v) is 7.43. The summed E-state index contributed by atoms with van der Waals surface area (Å²) < 4.78 is 2.21. The molecule has 2 heterocycles. The quantitative estimate of drug-likeness (QED) is 0.764. The van der Waals surface area contributed by atoms with Crippen molar-refractivity contribution in [3.05, 3.63) is 83.3 Å². The van der Waals surface area contributed by atoms with E-state index in [1.165, 1.54) is 11.1 Å². The molecule has 1 atom stereocenters. The highest BCUT2D eigenvalue weighted by Crippen LogP contribution is 2.29. The molecular weight excluding hydrogens is 334 g/mol. The molecule has 0 fully saturated rings. The summed E-state index contributed by atoms with van der Waals surface area (Å²) in [6, 6.07) is 12.3. The van der Waals surface area contributed by atoms with Crippen molar-refractivity contribution in [2.45, 2.75) is 33.2 Å². The molecule has 137 valence electrons. The first kappa shape index (κ1) is 17.5. The molecule has 0 bridgehead atoms. The molecular formula is C23H24N3O. The van der Waals surface area contributed by atoms with Crippen molar-refractivity contribution < 1.29 is 4.79 Å². The van der Waals surface area contributed by atoms with Crippen LogP contribution in [0.1, 0.15) is 39.3 Å². The summed E-state index contributed by atoms with van der Waals surface area (Å²) in [5.41, 5.74) is 11.7. The van der Waals surface area contributed by atoms with Gasteiger partial charge in [-0.2, -0.15) is 0 Å². The first-order valence-electron chi connectivity index (χ1n) is 9.37. The van der Waals surface area contributed by atoms with Crippen LogP contribution in [0.15, 0.2) is 48.8 Å². The van der Waals surface area contributed by atoms with Crippen molar-refractivity contribution >= 4 is 5.91 Å². The van der Waals surface area contributed by atoms with Crippen molar-refractivity contribution in [2.75, 3.05) is 0 Å². The largest absolute Gasteiger partial charge is 0.366 e. The fourth-order valence-electron chi connectivity index (χ4n) is 3.83. The zero-order chi connectivity index (χ0) is 19.0. The van der Waals surface area contributed by atoms with Gasteiger partial charge in [-0.3, -0.25) is 4.79 Å². The second-order valence-electron chi connectivity index (χ2n) is 7.43. The van der Waals surface area contributed by atoms with Gasteiger partial charge in [-0.1, -0.05) is 30.3 Å². The Morgan fingerprint density at radius 3 is 2.81 bits per heavy atom. The number of hydrogen-bond donors (Lipinski definition) is 1. The van der Waals surface area contributed by atoms with Gasteiger partial charge >= 0.3 is 0 Å². The minimum Gasteiger partial charge on any atom is -0.366 e. The third-order valence-electron chi connectivity index (χ3n) is 5.53. The number of amides is 1. The van der Waals surface area contributed by atoms with Crippen LogP contribution in [-0.4, -0.2) is 15.5 Å². The Bertz CT molecular complexity index is 1000. The molecule has 1 aliphatic heterocycles. The first-order chi connectivity index (χ1) is 13.0. The predicted octanol–water partition coefficient (Wildman–Crippen LogP) is 4.08. The number of aromatic nitrogens is 2. The van der Waals surface area contributed by atoms with Gasteiger partial charge in [0.05, 0.1) is 0 Å². The standard InChI is InChI=1S/C23H24N3O/c1-15-3-6-19(11-16(15)2)20-7-4-17(13-21(20)23(24)27)12-18-5-8-22-25-9-10-26(22)14-18/h3-4,6-7,9-13,18H,5,8,14H2,1-2H3,(H2,24,27). The number of primary amides is 1. The summed E-state index contributed by atoms with van der Waals surface area (Å²) in [4.78, 5) is 16.5. The Labute approximate surface area is 160 Å². The fraction of sp³-hybridized carbons (Fsp3) is 0.261. The summed E-state index contributed by atoms with van der Waals surface area (Å²) in [7, 11) is 0. The van der Waals surface area contributed by atoms with E-state index < -0.39 is 0 Å². The van der Waals surface area contributed by atoms with Gasteiger partial charge in [-0.15, -0.1) is 0 Å². The average molecular weight is 358 g/mol. The van der Waals surface area contributed by atoms with Gasteiger partial charge in [-0.05, 0) is 66.5 Å². The first-order valence-corrected chi connectivity index (χ1v) is 9.37. The van der Waals surface area contributed by atoms with Gasteiger partial charge in [0.2, 0.25) is 5.91 Å². The summed E-state index contributed by atoms with van der Waals surface area (Å²) in [6.07, 6.45) is 8.20. The summed E-state index contributed by atoms with van der Waals surface area (Å²) in [5, 5.41) is 0. The van der Waals surface area contributed by atoms with E-state index in [9.17, 15) is 4.79 Å². The zero-order valence-electron chi connectivity index (χ0n) is 15.8. The van der Waals surface area contributed by atoms with E-state index in [4.69, 9.17) is 5.73 Å². The fourth-order valence-corrected chi connectivity index (χ4v) is 3.83. The molecule has 2 N–H and O–H groups in total. The number of carbonyl (C=O) groups is 1. The number of nitrogens with zero attached hydrogens (tertiary/aromatic N) is 2. The molecule has 0 saturated carbocycles. The lowest BCUT2D eigenvalue weighted by Crippen LogP contribution is -2.21. The number of rotatable bonds is 4. The van der Waals surface area contributed by atoms with E-state index in [0.717, 1.165) is 41.9 Å². The molecule has 27 heavy (non-hydrogen) atoms. The highest BCUT2D eigenvalue weighted by atomic mass is 16.1. The highest BCUT2D eigenvalue weighted by molar-refractivity contribution is 6.00. The average Bonchev–Trinajstić information content (AvgIpc) is 3.12. The lowest BCUT2D eigenvalue weighted by molar-refractivity contribution is 0.100. The van der Waals surface area contributed by atoms with Crippen LogP contribution >= 0.6 is 0 Å². The molecule has 1 radical (unpaired) electrons. The minimum absolute atomic E-state index is 0.390. The lowest BCUT2D eigenvalue weighted by Gasteiger charge is -2.24. The van der Waals surface area contributed by atoms with Crippen LogP contribution in [0.2, 0.25) is 0 Å². The molecule has 1 unspecified atom stereocenters.